The van der Waals surface area contributed by atoms with Crippen LogP contribution in [0.4, 0.5) is 19.0 Å². The van der Waals surface area contributed by atoms with Crippen LogP contribution in [-0.2, 0) is 10.9 Å². The minimum Gasteiger partial charge on any atom is -0.383 e. The van der Waals surface area contributed by atoms with Crippen LogP contribution in [0.15, 0.2) is 18.3 Å². The van der Waals surface area contributed by atoms with E-state index in [4.69, 9.17) is 15.6 Å². The summed E-state index contributed by atoms with van der Waals surface area (Å²) in [5.41, 5.74) is 6.79. The van der Waals surface area contributed by atoms with Gasteiger partial charge in [0.25, 0.3) is 0 Å². The molecule has 31 heavy (non-hydrogen) atoms. The first kappa shape index (κ1) is 20.8. The molecule has 6 nitrogen and oxygen atoms in total. The van der Waals surface area contributed by atoms with Crippen LogP contribution in [0.25, 0.3) is 11.3 Å². The van der Waals surface area contributed by atoms with Gasteiger partial charge in [0.2, 0.25) is 0 Å². The summed E-state index contributed by atoms with van der Waals surface area (Å²) in [5, 5.41) is 4.70. The van der Waals surface area contributed by atoms with Crippen LogP contribution in [0.2, 0.25) is 0 Å². The summed E-state index contributed by atoms with van der Waals surface area (Å²) in [7, 11) is 0. The van der Waals surface area contributed by atoms with Crippen molar-refractivity contribution in [2.45, 2.75) is 56.8 Å². The van der Waals surface area contributed by atoms with Crippen LogP contribution in [-0.4, -0.2) is 51.5 Å². The lowest BCUT2D eigenvalue weighted by molar-refractivity contribution is -0.137. The molecule has 168 valence electrons. The first-order valence-electron chi connectivity index (χ1n) is 10.9. The summed E-state index contributed by atoms with van der Waals surface area (Å²) in [6.07, 6.45) is 0.262. The van der Waals surface area contributed by atoms with Gasteiger partial charge >= 0.3 is 6.18 Å². The maximum Gasteiger partial charge on any atom is 0.419 e. The Hall–Kier alpha value is -2.13. The number of nitrogen functional groups attached to an aromatic ring is 1. The van der Waals surface area contributed by atoms with Crippen LogP contribution in [0.1, 0.15) is 56.3 Å². The summed E-state index contributed by atoms with van der Waals surface area (Å²) >= 11 is 0. The highest BCUT2D eigenvalue weighted by Gasteiger charge is 2.59. The van der Waals surface area contributed by atoms with Crippen LogP contribution in [0, 0.1) is 5.92 Å². The first-order chi connectivity index (χ1) is 14.7. The van der Waals surface area contributed by atoms with Crippen molar-refractivity contribution in [2.75, 3.05) is 32.0 Å². The average Bonchev–Trinajstić information content (AvgIpc) is 3.39. The SMILES string of the molecule is CC(C)n1nc(-c2cnc(N)c(C(F)(F)F)c2)cc1C1CC2(N3CCOCC3)CC1C2. The number of halogens is 3. The van der Waals surface area contributed by atoms with Gasteiger partial charge in [-0.2, -0.15) is 18.3 Å². The minimum atomic E-state index is -4.55. The zero-order valence-electron chi connectivity index (χ0n) is 17.8. The van der Waals surface area contributed by atoms with E-state index < -0.39 is 17.6 Å². The molecule has 1 saturated heterocycles. The molecule has 1 unspecified atom stereocenters. The molecule has 4 fully saturated rings. The molecule has 6 rings (SSSR count). The molecule has 2 aromatic rings. The molecule has 0 aromatic carbocycles. The zero-order chi connectivity index (χ0) is 22.0. The van der Waals surface area contributed by atoms with Gasteiger partial charge in [-0.15, -0.1) is 0 Å². The van der Waals surface area contributed by atoms with Gasteiger partial charge in [0.15, 0.2) is 0 Å². The van der Waals surface area contributed by atoms with Crippen molar-refractivity contribution in [3.63, 3.8) is 0 Å². The van der Waals surface area contributed by atoms with Crippen LogP contribution in [0.3, 0.4) is 0 Å². The highest BCUT2D eigenvalue weighted by Crippen LogP contribution is 2.62. The number of nitrogens with two attached hydrogens (primary N) is 1. The van der Waals surface area contributed by atoms with Crippen LogP contribution in [0.5, 0.6) is 0 Å². The molecule has 2 N–H and O–H groups in total. The van der Waals surface area contributed by atoms with Gasteiger partial charge in [-0.05, 0) is 51.2 Å². The number of fused-ring (bicyclic) bond motifs is 1. The van der Waals surface area contributed by atoms with Crippen molar-refractivity contribution in [1.29, 1.82) is 0 Å². The molecule has 2 bridgehead atoms. The third kappa shape index (κ3) is 3.42. The monoisotopic (exact) mass is 435 g/mol. The van der Waals surface area contributed by atoms with Crippen LogP contribution >= 0.6 is 0 Å². The lowest BCUT2D eigenvalue weighted by atomic mass is 9.74. The average molecular weight is 435 g/mol. The van der Waals surface area contributed by atoms with Gasteiger partial charge in [0, 0.05) is 48.0 Å². The van der Waals surface area contributed by atoms with Gasteiger partial charge in [0.05, 0.1) is 24.5 Å². The summed E-state index contributed by atoms with van der Waals surface area (Å²) in [4.78, 5) is 6.38. The topological polar surface area (TPSA) is 69.2 Å². The molecule has 3 aliphatic carbocycles. The molecule has 0 spiro atoms. The van der Waals surface area contributed by atoms with Gasteiger partial charge in [-0.3, -0.25) is 9.58 Å². The number of anilines is 1. The molecule has 2 aromatic heterocycles. The quantitative estimate of drug-likeness (QED) is 0.783. The van der Waals surface area contributed by atoms with E-state index in [2.05, 4.69) is 23.7 Å². The molecule has 0 amide bonds. The van der Waals surface area contributed by atoms with Crippen molar-refractivity contribution in [1.82, 2.24) is 19.7 Å². The molecule has 1 atom stereocenters. The predicted octanol–water partition coefficient (Wildman–Crippen LogP) is 4.10. The second-order valence-corrected chi connectivity index (χ2v) is 9.45. The van der Waals surface area contributed by atoms with Gasteiger partial charge in [-0.25, -0.2) is 4.98 Å². The number of ether oxygens (including phenoxy) is 1. The van der Waals surface area contributed by atoms with E-state index in [0.29, 0.717) is 23.1 Å². The van der Waals surface area contributed by atoms with Crippen molar-refractivity contribution in [2.24, 2.45) is 5.92 Å². The second-order valence-electron chi connectivity index (χ2n) is 9.45. The first-order valence-corrected chi connectivity index (χ1v) is 10.9. The van der Waals surface area contributed by atoms with Crippen molar-refractivity contribution in [3.05, 3.63) is 29.6 Å². The Labute approximate surface area is 179 Å². The lowest BCUT2D eigenvalue weighted by Crippen LogP contribution is -2.56. The molecular weight excluding hydrogens is 407 g/mol. The summed E-state index contributed by atoms with van der Waals surface area (Å²) in [6, 6.07) is 3.14. The maximum atomic E-state index is 13.3. The molecule has 1 aliphatic heterocycles. The third-order valence-corrected chi connectivity index (χ3v) is 7.29. The Morgan fingerprint density at radius 1 is 1.16 bits per heavy atom. The number of pyridine rings is 1. The fourth-order valence-corrected chi connectivity index (χ4v) is 5.80. The van der Waals surface area contributed by atoms with E-state index in [1.54, 1.807) is 0 Å². The van der Waals surface area contributed by atoms with Crippen molar-refractivity contribution < 1.29 is 17.9 Å². The molecular formula is C22H28F3N5O. The van der Waals surface area contributed by atoms with Gasteiger partial charge in [-0.1, -0.05) is 0 Å². The van der Waals surface area contributed by atoms with E-state index in [1.807, 2.05) is 10.7 Å². The smallest absolute Gasteiger partial charge is 0.383 e. The number of rotatable bonds is 4. The molecule has 0 radical (unpaired) electrons. The number of hydrogen-bond donors (Lipinski definition) is 1. The lowest BCUT2D eigenvalue weighted by Gasteiger charge is -2.49. The molecule has 3 saturated carbocycles. The predicted molar refractivity (Wildman–Crippen MR) is 110 cm³/mol. The van der Waals surface area contributed by atoms with Gasteiger partial charge in [0.1, 0.15) is 5.82 Å². The zero-order valence-corrected chi connectivity index (χ0v) is 17.8. The summed E-state index contributed by atoms with van der Waals surface area (Å²) in [6.45, 7) is 7.64. The standard InChI is InChI=1S/C22H28F3N5O/c1-13(2)30-19(16-11-21(9-15(16)10-21)29-3-5-31-6-4-29)8-18(28-30)14-7-17(22(23,24)25)20(26)27-12-14/h7-8,12-13,15-16H,3-6,9-11H2,1-2H3,(H2,26,27). The molecule has 4 aliphatic rings. The Kier molecular flexibility index (Phi) is 4.82. The Morgan fingerprint density at radius 2 is 1.87 bits per heavy atom. The largest absolute Gasteiger partial charge is 0.419 e. The Morgan fingerprint density at radius 3 is 2.52 bits per heavy atom. The fraction of sp³-hybridized carbons (Fsp3) is 0.636. The highest BCUT2D eigenvalue weighted by atomic mass is 19.4. The van der Waals surface area contributed by atoms with Crippen molar-refractivity contribution >= 4 is 5.82 Å². The number of aromatic nitrogens is 3. The third-order valence-electron chi connectivity index (χ3n) is 7.29. The second kappa shape index (κ2) is 7.20. The van der Waals surface area contributed by atoms with E-state index in [9.17, 15) is 13.2 Å². The fourth-order valence-electron chi connectivity index (χ4n) is 5.80. The highest BCUT2D eigenvalue weighted by molar-refractivity contribution is 5.63. The minimum absolute atomic E-state index is 0.115. The summed E-state index contributed by atoms with van der Waals surface area (Å²) < 4.78 is 47.5. The number of nitrogens with zero attached hydrogens (tertiary/aromatic N) is 4. The number of alkyl halides is 3. The normalized spacial score (nSPS) is 28.8. The van der Waals surface area contributed by atoms with Crippen LogP contribution < -0.4 is 5.73 Å². The van der Waals surface area contributed by atoms with E-state index >= 15 is 0 Å². The number of hydrogen-bond acceptors (Lipinski definition) is 5. The summed E-state index contributed by atoms with van der Waals surface area (Å²) in [5.74, 6) is 0.458. The molecule has 9 heteroatoms. The Bertz CT molecular complexity index is 974. The van der Waals surface area contributed by atoms with Crippen molar-refractivity contribution in [3.8, 4) is 11.3 Å². The Balaban J connectivity index is 1.47. The van der Waals surface area contributed by atoms with Gasteiger partial charge < -0.3 is 10.5 Å². The van der Waals surface area contributed by atoms with E-state index in [-0.39, 0.29) is 11.6 Å². The van der Waals surface area contributed by atoms with E-state index in [0.717, 1.165) is 44.5 Å². The number of morpholine rings is 1. The molecule has 3 heterocycles. The van der Waals surface area contributed by atoms with E-state index in [1.165, 1.54) is 19.0 Å². The maximum absolute atomic E-state index is 13.3.